The molecule has 0 saturated heterocycles. The van der Waals surface area contributed by atoms with Crippen molar-refractivity contribution in [3.8, 4) is 0 Å². The van der Waals surface area contributed by atoms with Gasteiger partial charge < -0.3 is 9.64 Å². The molecule has 1 aromatic rings. The number of hydrogen-bond acceptors (Lipinski definition) is 3. The van der Waals surface area contributed by atoms with Gasteiger partial charge in [0.15, 0.2) is 0 Å². The highest BCUT2D eigenvalue weighted by molar-refractivity contribution is 5.75. The highest BCUT2D eigenvalue weighted by Gasteiger charge is 2.11. The minimum Gasteiger partial charge on any atom is -0.464 e. The summed E-state index contributed by atoms with van der Waals surface area (Å²) in [5.41, 5.74) is 0.403. The topological polar surface area (TPSA) is 29.5 Å². The Bertz CT molecular complexity index is 368. The zero-order chi connectivity index (χ0) is 12.7. The van der Waals surface area contributed by atoms with Crippen LogP contribution in [-0.4, -0.2) is 26.2 Å². The summed E-state index contributed by atoms with van der Waals surface area (Å²) in [7, 11) is 1.67. The summed E-state index contributed by atoms with van der Waals surface area (Å²) < 4.78 is 18.4. The fourth-order valence-corrected chi connectivity index (χ4v) is 1.42. The van der Waals surface area contributed by atoms with Gasteiger partial charge in [0, 0.05) is 7.05 Å². The van der Waals surface area contributed by atoms with E-state index in [4.69, 9.17) is 4.74 Å². The Morgan fingerprint density at radius 1 is 1.41 bits per heavy atom. The summed E-state index contributed by atoms with van der Waals surface area (Å²) in [6, 6.07) is 6.35. The highest BCUT2D eigenvalue weighted by atomic mass is 19.1. The van der Waals surface area contributed by atoms with Crippen molar-refractivity contribution in [1.29, 1.82) is 0 Å². The number of likely N-dealkylation sites (N-methyl/N-ethyl adjacent to an activating group) is 1. The van der Waals surface area contributed by atoms with E-state index in [1.54, 1.807) is 30.1 Å². The molecule has 17 heavy (non-hydrogen) atoms. The second-order valence-electron chi connectivity index (χ2n) is 3.88. The maximum Gasteiger partial charge on any atom is 0.325 e. The Morgan fingerprint density at radius 3 is 2.76 bits per heavy atom. The molecule has 0 atom stereocenters. The number of carbonyl (C=O) groups excluding carboxylic acids is 1. The first-order chi connectivity index (χ1) is 8.15. The quantitative estimate of drug-likeness (QED) is 0.564. The van der Waals surface area contributed by atoms with Gasteiger partial charge in [-0.15, -0.1) is 0 Å². The molecule has 1 rings (SSSR count). The van der Waals surface area contributed by atoms with Crippen LogP contribution in [0.2, 0.25) is 0 Å². The average molecular weight is 239 g/mol. The lowest BCUT2D eigenvalue weighted by Gasteiger charge is -2.18. The molecule has 0 unspecified atom stereocenters. The maximum absolute atomic E-state index is 13.4. The van der Waals surface area contributed by atoms with Crippen molar-refractivity contribution in [1.82, 2.24) is 0 Å². The SMILES string of the molecule is CCCCOC(=O)CN(C)c1ccccc1F. The molecule has 0 aromatic heterocycles. The van der Waals surface area contributed by atoms with E-state index in [-0.39, 0.29) is 18.3 Å². The van der Waals surface area contributed by atoms with Crippen LogP contribution in [0.4, 0.5) is 10.1 Å². The van der Waals surface area contributed by atoms with Gasteiger partial charge in [0.05, 0.1) is 12.3 Å². The van der Waals surface area contributed by atoms with E-state index >= 15 is 0 Å². The molecule has 94 valence electrons. The Hall–Kier alpha value is -1.58. The molecule has 0 spiro atoms. The Morgan fingerprint density at radius 2 is 2.12 bits per heavy atom. The van der Waals surface area contributed by atoms with Gasteiger partial charge in [-0.3, -0.25) is 4.79 Å². The molecular formula is C13H18FNO2. The smallest absolute Gasteiger partial charge is 0.325 e. The number of unbranched alkanes of at least 4 members (excludes halogenated alkanes) is 1. The van der Waals surface area contributed by atoms with Gasteiger partial charge in [-0.25, -0.2) is 4.39 Å². The van der Waals surface area contributed by atoms with E-state index in [1.165, 1.54) is 6.07 Å². The monoisotopic (exact) mass is 239 g/mol. The summed E-state index contributed by atoms with van der Waals surface area (Å²) in [6.07, 6.45) is 1.84. The number of nitrogens with zero attached hydrogens (tertiary/aromatic N) is 1. The van der Waals surface area contributed by atoms with Gasteiger partial charge in [0.2, 0.25) is 0 Å². The lowest BCUT2D eigenvalue weighted by Crippen LogP contribution is -2.28. The van der Waals surface area contributed by atoms with Gasteiger partial charge in [-0.1, -0.05) is 25.5 Å². The van der Waals surface area contributed by atoms with E-state index < -0.39 is 0 Å². The number of anilines is 1. The second-order valence-corrected chi connectivity index (χ2v) is 3.88. The fourth-order valence-electron chi connectivity index (χ4n) is 1.42. The third kappa shape index (κ3) is 4.43. The number of rotatable bonds is 6. The molecule has 0 aliphatic heterocycles. The predicted molar refractivity (Wildman–Crippen MR) is 65.5 cm³/mol. The lowest BCUT2D eigenvalue weighted by molar-refractivity contribution is -0.142. The molecule has 4 heteroatoms. The van der Waals surface area contributed by atoms with E-state index in [9.17, 15) is 9.18 Å². The first kappa shape index (κ1) is 13.5. The zero-order valence-electron chi connectivity index (χ0n) is 10.3. The van der Waals surface area contributed by atoms with Gasteiger partial charge in [0.1, 0.15) is 12.4 Å². The van der Waals surface area contributed by atoms with Gasteiger partial charge in [-0.2, -0.15) is 0 Å². The van der Waals surface area contributed by atoms with Crippen molar-refractivity contribution in [2.45, 2.75) is 19.8 Å². The molecule has 0 radical (unpaired) electrons. The molecular weight excluding hydrogens is 221 g/mol. The van der Waals surface area contributed by atoms with Crippen molar-refractivity contribution >= 4 is 11.7 Å². The first-order valence-electron chi connectivity index (χ1n) is 5.76. The van der Waals surface area contributed by atoms with Crippen molar-refractivity contribution in [3.05, 3.63) is 30.1 Å². The van der Waals surface area contributed by atoms with Crippen LogP contribution in [-0.2, 0) is 9.53 Å². The van der Waals surface area contributed by atoms with Crippen molar-refractivity contribution in [2.24, 2.45) is 0 Å². The molecule has 3 nitrogen and oxygen atoms in total. The van der Waals surface area contributed by atoms with E-state index in [0.29, 0.717) is 12.3 Å². The van der Waals surface area contributed by atoms with Gasteiger partial charge in [-0.05, 0) is 18.6 Å². The zero-order valence-corrected chi connectivity index (χ0v) is 10.3. The molecule has 0 bridgehead atoms. The number of carbonyl (C=O) groups is 1. The third-order valence-corrected chi connectivity index (χ3v) is 2.39. The summed E-state index contributed by atoms with van der Waals surface area (Å²) in [5, 5.41) is 0. The summed E-state index contributed by atoms with van der Waals surface area (Å²) in [4.78, 5) is 13.0. The van der Waals surface area contributed by atoms with Crippen LogP contribution in [0.1, 0.15) is 19.8 Å². The van der Waals surface area contributed by atoms with Crippen LogP contribution >= 0.6 is 0 Å². The number of benzene rings is 1. The molecule has 0 saturated carbocycles. The Kier molecular flexibility index (Phi) is 5.46. The third-order valence-electron chi connectivity index (χ3n) is 2.39. The second kappa shape index (κ2) is 6.89. The predicted octanol–water partition coefficient (Wildman–Crippen LogP) is 2.61. The molecule has 0 amide bonds. The van der Waals surface area contributed by atoms with Crippen LogP contribution in [0.5, 0.6) is 0 Å². The molecule has 0 aliphatic rings. The number of halogens is 1. The Labute approximate surface area is 101 Å². The van der Waals surface area contributed by atoms with Crippen molar-refractivity contribution in [3.63, 3.8) is 0 Å². The highest BCUT2D eigenvalue weighted by Crippen LogP contribution is 2.16. The van der Waals surface area contributed by atoms with E-state index in [0.717, 1.165) is 12.8 Å². The fraction of sp³-hybridized carbons (Fsp3) is 0.462. The van der Waals surface area contributed by atoms with Crippen molar-refractivity contribution < 1.29 is 13.9 Å². The number of para-hydroxylation sites is 1. The molecule has 1 aromatic carbocycles. The average Bonchev–Trinajstić information content (AvgIpc) is 2.29. The standard InChI is InChI=1S/C13H18FNO2/c1-3-4-9-17-13(16)10-15(2)12-8-6-5-7-11(12)14/h5-8H,3-4,9-10H2,1-2H3. The number of esters is 1. The van der Waals surface area contributed by atoms with Gasteiger partial charge >= 0.3 is 5.97 Å². The molecule has 0 fully saturated rings. The minimum absolute atomic E-state index is 0.0602. The maximum atomic E-state index is 13.4. The van der Waals surface area contributed by atoms with Crippen LogP contribution in [0.25, 0.3) is 0 Å². The number of ether oxygens (including phenoxy) is 1. The lowest BCUT2D eigenvalue weighted by atomic mass is 10.3. The first-order valence-corrected chi connectivity index (χ1v) is 5.76. The van der Waals surface area contributed by atoms with Crippen LogP contribution in [0.15, 0.2) is 24.3 Å². The summed E-state index contributed by atoms with van der Waals surface area (Å²) in [6.45, 7) is 2.52. The van der Waals surface area contributed by atoms with Gasteiger partial charge in [0.25, 0.3) is 0 Å². The minimum atomic E-state index is -0.337. The molecule has 0 aliphatic carbocycles. The van der Waals surface area contributed by atoms with Crippen LogP contribution < -0.4 is 4.90 Å². The van der Waals surface area contributed by atoms with E-state index in [1.807, 2.05) is 6.92 Å². The van der Waals surface area contributed by atoms with Crippen LogP contribution in [0.3, 0.4) is 0 Å². The van der Waals surface area contributed by atoms with E-state index in [2.05, 4.69) is 0 Å². The summed E-state index contributed by atoms with van der Waals surface area (Å²) in [5.74, 6) is -0.666. The number of hydrogen-bond donors (Lipinski definition) is 0. The van der Waals surface area contributed by atoms with Crippen LogP contribution in [0, 0.1) is 5.82 Å². The summed E-state index contributed by atoms with van der Waals surface area (Å²) >= 11 is 0. The Balaban J connectivity index is 2.46. The normalized spacial score (nSPS) is 10.1. The largest absolute Gasteiger partial charge is 0.464 e. The molecule has 0 N–H and O–H groups in total. The molecule has 0 heterocycles. The van der Waals surface area contributed by atoms with Crippen molar-refractivity contribution in [2.75, 3.05) is 25.1 Å².